The molecule has 0 atom stereocenters. The molecule has 1 aromatic carbocycles. The number of nitro benzene ring substituents is 1. The fraction of sp³-hybridized carbons (Fsp3) is 0.231. The average Bonchev–Trinajstić information content (AvgIpc) is 2.81. The molecule has 8 heteroatoms. The minimum atomic E-state index is -0.572. The van der Waals surface area contributed by atoms with Crippen LogP contribution in [0.4, 0.5) is 11.5 Å². The second-order valence-electron chi connectivity index (χ2n) is 4.25. The van der Waals surface area contributed by atoms with Crippen LogP contribution in [0.1, 0.15) is 23.0 Å². The number of carbonyl (C=O) groups is 1. The SMILES string of the molecule is CCOC(=O)c1ncn(Cc2ccc([N+](=O)[O-])cc2)c1N. The molecule has 0 spiro atoms. The normalized spacial score (nSPS) is 10.3. The van der Waals surface area contributed by atoms with Crippen molar-refractivity contribution in [2.75, 3.05) is 12.3 Å². The molecule has 8 nitrogen and oxygen atoms in total. The van der Waals surface area contributed by atoms with E-state index in [0.29, 0.717) is 6.54 Å². The number of ether oxygens (including phenoxy) is 1. The number of imidazole rings is 1. The summed E-state index contributed by atoms with van der Waals surface area (Å²) in [5.41, 5.74) is 6.74. The molecule has 0 aliphatic rings. The third kappa shape index (κ3) is 3.16. The quantitative estimate of drug-likeness (QED) is 0.508. The number of hydrogen-bond acceptors (Lipinski definition) is 6. The number of esters is 1. The number of aromatic nitrogens is 2. The van der Waals surface area contributed by atoms with Gasteiger partial charge in [0.1, 0.15) is 5.82 Å². The molecule has 0 saturated heterocycles. The Hall–Kier alpha value is -2.90. The summed E-state index contributed by atoms with van der Waals surface area (Å²) in [6.07, 6.45) is 1.43. The minimum Gasteiger partial charge on any atom is -0.461 e. The Kier molecular flexibility index (Phi) is 4.17. The Morgan fingerprint density at radius 1 is 1.43 bits per heavy atom. The van der Waals surface area contributed by atoms with Gasteiger partial charge >= 0.3 is 5.97 Å². The van der Waals surface area contributed by atoms with Gasteiger partial charge < -0.3 is 15.0 Å². The summed E-state index contributed by atoms with van der Waals surface area (Å²) >= 11 is 0. The van der Waals surface area contributed by atoms with Crippen LogP contribution in [0, 0.1) is 10.1 Å². The maximum Gasteiger partial charge on any atom is 0.360 e. The molecule has 0 aliphatic heterocycles. The molecule has 21 heavy (non-hydrogen) atoms. The highest BCUT2D eigenvalue weighted by Crippen LogP contribution is 2.16. The summed E-state index contributed by atoms with van der Waals surface area (Å²) in [7, 11) is 0. The van der Waals surface area contributed by atoms with Crippen LogP contribution in [0.5, 0.6) is 0 Å². The maximum absolute atomic E-state index is 11.6. The molecule has 2 aromatic rings. The third-order valence-corrected chi connectivity index (χ3v) is 2.85. The first-order valence-corrected chi connectivity index (χ1v) is 6.24. The van der Waals surface area contributed by atoms with Crippen LogP contribution in [0.25, 0.3) is 0 Å². The first kappa shape index (κ1) is 14.5. The van der Waals surface area contributed by atoms with E-state index in [1.807, 2.05) is 0 Å². The molecule has 1 heterocycles. The summed E-state index contributed by atoms with van der Waals surface area (Å²) in [5, 5.41) is 10.6. The molecule has 2 rings (SSSR count). The molecule has 0 saturated carbocycles. The monoisotopic (exact) mass is 290 g/mol. The largest absolute Gasteiger partial charge is 0.461 e. The Balaban J connectivity index is 2.16. The lowest BCUT2D eigenvalue weighted by Crippen LogP contribution is -2.10. The zero-order valence-corrected chi connectivity index (χ0v) is 11.4. The van der Waals surface area contributed by atoms with E-state index in [-0.39, 0.29) is 23.8 Å². The fourth-order valence-corrected chi connectivity index (χ4v) is 1.79. The number of nitro groups is 1. The summed E-state index contributed by atoms with van der Waals surface area (Å²) in [5.74, 6) is -0.371. The molecule has 0 amide bonds. The molecular formula is C13H14N4O4. The first-order chi connectivity index (χ1) is 10.0. The lowest BCUT2D eigenvalue weighted by Gasteiger charge is -2.05. The lowest BCUT2D eigenvalue weighted by atomic mass is 10.2. The summed E-state index contributed by atoms with van der Waals surface area (Å²) in [4.78, 5) is 25.6. The summed E-state index contributed by atoms with van der Waals surface area (Å²) in [6.45, 7) is 2.30. The maximum atomic E-state index is 11.6. The van der Waals surface area contributed by atoms with E-state index >= 15 is 0 Å². The van der Waals surface area contributed by atoms with Crippen molar-refractivity contribution in [3.8, 4) is 0 Å². The van der Waals surface area contributed by atoms with Crippen molar-refractivity contribution in [1.29, 1.82) is 0 Å². The van der Waals surface area contributed by atoms with Gasteiger partial charge in [0.25, 0.3) is 5.69 Å². The first-order valence-electron chi connectivity index (χ1n) is 6.24. The number of nitrogen functional groups attached to an aromatic ring is 1. The predicted octanol–water partition coefficient (Wildman–Crippen LogP) is 1.60. The zero-order chi connectivity index (χ0) is 15.4. The summed E-state index contributed by atoms with van der Waals surface area (Å²) in [6, 6.07) is 6.08. The van der Waals surface area contributed by atoms with E-state index in [0.717, 1.165) is 5.56 Å². The van der Waals surface area contributed by atoms with E-state index in [9.17, 15) is 14.9 Å². The molecule has 1 aromatic heterocycles. The van der Waals surface area contributed by atoms with Crippen LogP contribution < -0.4 is 5.73 Å². The smallest absolute Gasteiger partial charge is 0.360 e. The molecular weight excluding hydrogens is 276 g/mol. The highest BCUT2D eigenvalue weighted by atomic mass is 16.6. The topological polar surface area (TPSA) is 113 Å². The lowest BCUT2D eigenvalue weighted by molar-refractivity contribution is -0.384. The van der Waals surface area contributed by atoms with Gasteiger partial charge in [0, 0.05) is 12.1 Å². The van der Waals surface area contributed by atoms with Gasteiger partial charge in [-0.2, -0.15) is 0 Å². The summed E-state index contributed by atoms with van der Waals surface area (Å²) < 4.78 is 6.42. The van der Waals surface area contributed by atoms with Crippen LogP contribution in [-0.2, 0) is 11.3 Å². The Labute approximate surface area is 120 Å². The van der Waals surface area contributed by atoms with E-state index < -0.39 is 10.9 Å². The van der Waals surface area contributed by atoms with E-state index in [4.69, 9.17) is 10.5 Å². The van der Waals surface area contributed by atoms with Gasteiger partial charge in [-0.3, -0.25) is 10.1 Å². The highest BCUT2D eigenvalue weighted by molar-refractivity contribution is 5.92. The third-order valence-electron chi connectivity index (χ3n) is 2.85. The number of non-ortho nitro benzene ring substituents is 1. The van der Waals surface area contributed by atoms with Crippen molar-refractivity contribution >= 4 is 17.5 Å². The Morgan fingerprint density at radius 3 is 2.67 bits per heavy atom. The van der Waals surface area contributed by atoms with Crippen molar-refractivity contribution in [3.05, 3.63) is 52.0 Å². The van der Waals surface area contributed by atoms with E-state index in [1.165, 1.54) is 18.5 Å². The van der Waals surface area contributed by atoms with Gasteiger partial charge in [0.05, 0.1) is 24.4 Å². The van der Waals surface area contributed by atoms with E-state index in [2.05, 4.69) is 4.98 Å². The van der Waals surface area contributed by atoms with Crippen LogP contribution in [-0.4, -0.2) is 27.1 Å². The van der Waals surface area contributed by atoms with Crippen molar-refractivity contribution in [1.82, 2.24) is 9.55 Å². The van der Waals surface area contributed by atoms with Gasteiger partial charge in [-0.1, -0.05) is 12.1 Å². The van der Waals surface area contributed by atoms with Crippen molar-refractivity contribution in [2.45, 2.75) is 13.5 Å². The number of nitrogens with two attached hydrogens (primary N) is 1. The molecule has 110 valence electrons. The van der Waals surface area contributed by atoms with Gasteiger partial charge in [-0.05, 0) is 12.5 Å². The zero-order valence-electron chi connectivity index (χ0n) is 11.4. The van der Waals surface area contributed by atoms with Gasteiger partial charge in [-0.25, -0.2) is 9.78 Å². The molecule has 2 N–H and O–H groups in total. The van der Waals surface area contributed by atoms with Crippen molar-refractivity contribution in [3.63, 3.8) is 0 Å². The fourth-order valence-electron chi connectivity index (χ4n) is 1.79. The molecule has 0 bridgehead atoms. The molecule has 0 unspecified atom stereocenters. The van der Waals surface area contributed by atoms with Crippen LogP contribution in [0.2, 0.25) is 0 Å². The van der Waals surface area contributed by atoms with Crippen molar-refractivity contribution < 1.29 is 14.5 Å². The number of carbonyl (C=O) groups excluding carboxylic acids is 1. The number of rotatable bonds is 5. The highest BCUT2D eigenvalue weighted by Gasteiger charge is 2.17. The van der Waals surface area contributed by atoms with Crippen molar-refractivity contribution in [2.24, 2.45) is 0 Å². The second-order valence-corrected chi connectivity index (χ2v) is 4.25. The number of nitrogens with zero attached hydrogens (tertiary/aromatic N) is 3. The number of benzene rings is 1. The molecule has 0 aliphatic carbocycles. The molecule has 0 fully saturated rings. The standard InChI is InChI=1S/C13H14N4O4/c1-2-21-13(18)11-12(14)16(8-15-11)7-9-3-5-10(6-4-9)17(19)20/h3-6,8H,2,7,14H2,1H3. The predicted molar refractivity (Wildman–Crippen MR) is 74.8 cm³/mol. The van der Waals surface area contributed by atoms with Gasteiger partial charge in [0.15, 0.2) is 5.69 Å². The van der Waals surface area contributed by atoms with Gasteiger partial charge in [0.2, 0.25) is 0 Å². The minimum absolute atomic E-state index is 0.0181. The van der Waals surface area contributed by atoms with Crippen LogP contribution >= 0.6 is 0 Å². The average molecular weight is 290 g/mol. The molecule has 0 radical (unpaired) electrons. The second kappa shape index (κ2) is 6.04. The Bertz CT molecular complexity index is 663. The van der Waals surface area contributed by atoms with Crippen LogP contribution in [0.3, 0.4) is 0 Å². The number of hydrogen-bond donors (Lipinski definition) is 1. The van der Waals surface area contributed by atoms with Gasteiger partial charge in [-0.15, -0.1) is 0 Å². The van der Waals surface area contributed by atoms with Crippen LogP contribution in [0.15, 0.2) is 30.6 Å². The van der Waals surface area contributed by atoms with E-state index in [1.54, 1.807) is 23.6 Å². The Morgan fingerprint density at radius 2 is 2.10 bits per heavy atom. The number of anilines is 1.